The Kier molecular flexibility index (Phi) is 6.50. The first-order chi connectivity index (χ1) is 8.86. The van der Waals surface area contributed by atoms with E-state index in [-0.39, 0.29) is 6.04 Å². The maximum Gasteiger partial charge on any atom is 0.0726 e. The van der Waals surface area contributed by atoms with Gasteiger partial charge in [0.05, 0.1) is 6.10 Å². The highest BCUT2D eigenvalue weighted by Gasteiger charge is 2.21. The van der Waals surface area contributed by atoms with Crippen LogP contribution in [0.2, 0.25) is 0 Å². The number of hydrogen-bond donors (Lipinski definition) is 1. The van der Waals surface area contributed by atoms with Crippen LogP contribution in [0.15, 0.2) is 0 Å². The van der Waals surface area contributed by atoms with Crippen molar-refractivity contribution in [1.29, 1.82) is 0 Å². The van der Waals surface area contributed by atoms with Crippen LogP contribution in [0.1, 0.15) is 77.0 Å². The summed E-state index contributed by atoms with van der Waals surface area (Å²) in [7, 11) is 0. The van der Waals surface area contributed by atoms with E-state index in [1.807, 2.05) is 0 Å². The summed E-state index contributed by atoms with van der Waals surface area (Å²) in [5, 5.41) is 0. The Hall–Kier alpha value is -0.0800. The summed E-state index contributed by atoms with van der Waals surface area (Å²) in [6.07, 6.45) is 16.5. The Morgan fingerprint density at radius 3 is 1.94 bits per heavy atom. The van der Waals surface area contributed by atoms with Crippen molar-refractivity contribution in [2.24, 2.45) is 11.7 Å². The molecular weight excluding hydrogens is 222 g/mol. The summed E-state index contributed by atoms with van der Waals surface area (Å²) >= 11 is 0. The molecule has 2 unspecified atom stereocenters. The molecule has 0 radical (unpaired) electrons. The van der Waals surface area contributed by atoms with Crippen LogP contribution in [-0.2, 0) is 4.74 Å². The summed E-state index contributed by atoms with van der Waals surface area (Å²) in [5.74, 6) is 0.810. The van der Waals surface area contributed by atoms with Gasteiger partial charge in [-0.1, -0.05) is 51.4 Å². The molecule has 2 N–H and O–H groups in total. The van der Waals surface area contributed by atoms with E-state index in [1.165, 1.54) is 70.6 Å². The van der Waals surface area contributed by atoms with Gasteiger partial charge >= 0.3 is 0 Å². The maximum atomic E-state index is 6.27. The zero-order valence-electron chi connectivity index (χ0n) is 11.9. The average molecular weight is 253 g/mol. The molecule has 2 rings (SSSR count). The maximum absolute atomic E-state index is 6.27. The van der Waals surface area contributed by atoms with Gasteiger partial charge in [0.2, 0.25) is 0 Å². The average Bonchev–Trinajstić information content (AvgIpc) is 2.62. The van der Waals surface area contributed by atoms with Crippen molar-refractivity contribution in [3.8, 4) is 0 Å². The van der Waals surface area contributed by atoms with Crippen molar-refractivity contribution in [2.75, 3.05) is 6.61 Å². The molecule has 0 aromatic heterocycles. The molecule has 2 aliphatic carbocycles. The first kappa shape index (κ1) is 14.3. The van der Waals surface area contributed by atoms with Gasteiger partial charge in [0.15, 0.2) is 0 Å². The van der Waals surface area contributed by atoms with Crippen LogP contribution in [0.3, 0.4) is 0 Å². The molecule has 0 amide bonds. The molecule has 2 heteroatoms. The van der Waals surface area contributed by atoms with Gasteiger partial charge in [-0.05, 0) is 31.6 Å². The predicted octanol–water partition coefficient (Wildman–Crippen LogP) is 4.02. The predicted molar refractivity (Wildman–Crippen MR) is 76.6 cm³/mol. The van der Waals surface area contributed by atoms with Gasteiger partial charge < -0.3 is 10.5 Å². The number of nitrogens with two attached hydrogens (primary N) is 1. The third kappa shape index (κ3) is 4.89. The van der Waals surface area contributed by atoms with Gasteiger partial charge in [-0.2, -0.15) is 0 Å². The smallest absolute Gasteiger partial charge is 0.0726 e. The van der Waals surface area contributed by atoms with Crippen LogP contribution in [0, 0.1) is 5.92 Å². The molecule has 0 aliphatic heterocycles. The highest BCUT2D eigenvalue weighted by atomic mass is 16.5. The molecule has 0 saturated heterocycles. The summed E-state index contributed by atoms with van der Waals surface area (Å²) in [6.45, 7) is 0.971. The minimum absolute atomic E-state index is 0.288. The van der Waals surface area contributed by atoms with Gasteiger partial charge in [-0.25, -0.2) is 0 Å². The Morgan fingerprint density at radius 1 is 0.722 bits per heavy atom. The van der Waals surface area contributed by atoms with E-state index in [2.05, 4.69) is 0 Å². The highest BCUT2D eigenvalue weighted by molar-refractivity contribution is 4.77. The molecule has 0 aromatic rings. The van der Waals surface area contributed by atoms with E-state index in [4.69, 9.17) is 10.5 Å². The highest BCUT2D eigenvalue weighted by Crippen LogP contribution is 2.25. The van der Waals surface area contributed by atoms with Crippen molar-refractivity contribution >= 4 is 0 Å². The second kappa shape index (κ2) is 8.16. The lowest BCUT2D eigenvalue weighted by Gasteiger charge is -2.28. The Balaban J connectivity index is 1.72. The second-order valence-corrected chi connectivity index (χ2v) is 6.38. The summed E-state index contributed by atoms with van der Waals surface area (Å²) in [6, 6.07) is 0.288. The fourth-order valence-electron chi connectivity index (χ4n) is 3.48. The molecule has 2 aliphatic rings. The van der Waals surface area contributed by atoms with Gasteiger partial charge in [-0.3, -0.25) is 0 Å². The molecule has 0 spiro atoms. The quantitative estimate of drug-likeness (QED) is 0.771. The molecule has 18 heavy (non-hydrogen) atoms. The molecule has 0 aromatic carbocycles. The van der Waals surface area contributed by atoms with Crippen LogP contribution in [0.5, 0.6) is 0 Å². The lowest BCUT2D eigenvalue weighted by atomic mass is 9.94. The van der Waals surface area contributed by atoms with Crippen LogP contribution in [-0.4, -0.2) is 18.8 Å². The number of ether oxygens (including phenoxy) is 1. The fraction of sp³-hybridized carbons (Fsp3) is 1.00. The van der Waals surface area contributed by atoms with Crippen LogP contribution < -0.4 is 5.73 Å². The topological polar surface area (TPSA) is 35.2 Å². The zero-order chi connectivity index (χ0) is 12.6. The molecule has 2 fully saturated rings. The molecule has 0 bridgehead atoms. The minimum Gasteiger partial charge on any atom is -0.376 e. The monoisotopic (exact) mass is 253 g/mol. The molecule has 0 heterocycles. The Bertz CT molecular complexity index is 211. The van der Waals surface area contributed by atoms with Gasteiger partial charge in [-0.15, -0.1) is 0 Å². The SMILES string of the molecule is NC1CCCCCCC1OCC1CCCCCC1. The lowest BCUT2D eigenvalue weighted by molar-refractivity contribution is 0.000466. The van der Waals surface area contributed by atoms with Crippen LogP contribution in [0.25, 0.3) is 0 Å². The summed E-state index contributed by atoms with van der Waals surface area (Å²) in [4.78, 5) is 0. The fourth-order valence-corrected chi connectivity index (χ4v) is 3.48. The Morgan fingerprint density at radius 2 is 1.28 bits per heavy atom. The molecule has 2 nitrogen and oxygen atoms in total. The zero-order valence-corrected chi connectivity index (χ0v) is 11.9. The van der Waals surface area contributed by atoms with Crippen LogP contribution >= 0.6 is 0 Å². The summed E-state index contributed by atoms with van der Waals surface area (Å²) in [5.41, 5.74) is 6.27. The molecule has 2 saturated carbocycles. The third-order valence-corrected chi connectivity index (χ3v) is 4.77. The second-order valence-electron chi connectivity index (χ2n) is 6.38. The van der Waals surface area contributed by atoms with E-state index < -0.39 is 0 Å². The van der Waals surface area contributed by atoms with Crippen molar-refractivity contribution in [2.45, 2.75) is 89.2 Å². The Labute approximate surface area is 113 Å². The molecule has 106 valence electrons. The molecule has 2 atom stereocenters. The van der Waals surface area contributed by atoms with Gasteiger partial charge in [0.25, 0.3) is 0 Å². The molecular formula is C16H31NO. The van der Waals surface area contributed by atoms with Gasteiger partial charge in [0, 0.05) is 12.6 Å². The van der Waals surface area contributed by atoms with Gasteiger partial charge in [0.1, 0.15) is 0 Å². The van der Waals surface area contributed by atoms with E-state index >= 15 is 0 Å². The standard InChI is InChI=1S/C16H31NO/c17-15-11-7-3-4-8-12-16(15)18-13-14-9-5-1-2-6-10-14/h14-16H,1-13,17H2. The lowest BCUT2D eigenvalue weighted by Crippen LogP contribution is -2.38. The largest absolute Gasteiger partial charge is 0.376 e. The van der Waals surface area contributed by atoms with Crippen molar-refractivity contribution < 1.29 is 4.74 Å². The summed E-state index contributed by atoms with van der Waals surface area (Å²) < 4.78 is 6.20. The van der Waals surface area contributed by atoms with E-state index in [9.17, 15) is 0 Å². The van der Waals surface area contributed by atoms with Crippen LogP contribution in [0.4, 0.5) is 0 Å². The minimum atomic E-state index is 0.288. The van der Waals surface area contributed by atoms with Crippen molar-refractivity contribution in [3.05, 3.63) is 0 Å². The van der Waals surface area contributed by atoms with E-state index in [1.54, 1.807) is 0 Å². The first-order valence-corrected chi connectivity index (χ1v) is 8.23. The van der Waals surface area contributed by atoms with E-state index in [0.717, 1.165) is 18.9 Å². The van der Waals surface area contributed by atoms with E-state index in [0.29, 0.717) is 6.10 Å². The van der Waals surface area contributed by atoms with Crippen molar-refractivity contribution in [3.63, 3.8) is 0 Å². The number of rotatable bonds is 3. The normalized spacial score (nSPS) is 32.5. The third-order valence-electron chi connectivity index (χ3n) is 4.77. The first-order valence-electron chi connectivity index (χ1n) is 8.23. The van der Waals surface area contributed by atoms with Crippen molar-refractivity contribution in [1.82, 2.24) is 0 Å². The number of hydrogen-bond acceptors (Lipinski definition) is 2.